The van der Waals surface area contributed by atoms with Crippen molar-refractivity contribution in [2.24, 2.45) is 28.7 Å². The van der Waals surface area contributed by atoms with E-state index in [0.717, 1.165) is 38.5 Å². The third-order valence-electron chi connectivity index (χ3n) is 5.11. The van der Waals surface area contributed by atoms with E-state index in [2.05, 4.69) is 22.6 Å². The van der Waals surface area contributed by atoms with E-state index in [0.29, 0.717) is 0 Å². The van der Waals surface area contributed by atoms with Crippen LogP contribution in [0.5, 0.6) is 0 Å². The zero-order valence-electron chi connectivity index (χ0n) is 10.8. The smallest absolute Gasteiger partial charge is 0.0668 e. The van der Waals surface area contributed by atoms with Crippen LogP contribution in [-0.2, 0) is 0 Å². The third kappa shape index (κ3) is 1.92. The number of alkyl halides is 1. The maximum absolute atomic E-state index is 6.72. The van der Waals surface area contributed by atoms with Gasteiger partial charge in [0.25, 0.3) is 0 Å². The molecule has 0 saturated heterocycles. The van der Waals surface area contributed by atoms with Crippen molar-refractivity contribution in [3.8, 4) is 0 Å². The average Bonchev–Trinajstić information content (AvgIpc) is 2.32. The van der Waals surface area contributed by atoms with Crippen LogP contribution in [0.4, 0.5) is 0 Å². The van der Waals surface area contributed by atoms with Gasteiger partial charge in [-0.15, -0.1) is 0 Å². The van der Waals surface area contributed by atoms with Crippen molar-refractivity contribution in [3.05, 3.63) is 0 Å². The van der Waals surface area contributed by atoms with Gasteiger partial charge in [-0.2, -0.15) is 0 Å². The fourth-order valence-electron chi connectivity index (χ4n) is 3.77. The molecular formula is C12H26IN5. The van der Waals surface area contributed by atoms with Crippen LogP contribution in [-0.4, -0.2) is 33.1 Å². The van der Waals surface area contributed by atoms with Crippen molar-refractivity contribution in [2.45, 2.75) is 71.7 Å². The minimum atomic E-state index is -0.753. The lowest BCUT2D eigenvalue weighted by Crippen LogP contribution is -2.87. The Bertz CT molecular complexity index is 261. The van der Waals surface area contributed by atoms with Crippen molar-refractivity contribution >= 4 is 22.6 Å². The van der Waals surface area contributed by atoms with Crippen LogP contribution in [0.1, 0.15) is 38.5 Å². The summed E-state index contributed by atoms with van der Waals surface area (Å²) in [6.07, 6.45) is 5.86. The van der Waals surface area contributed by atoms with Gasteiger partial charge in [0.1, 0.15) is 0 Å². The molecule has 5 atom stereocenters. The van der Waals surface area contributed by atoms with Crippen LogP contribution < -0.4 is 28.7 Å². The van der Waals surface area contributed by atoms with Gasteiger partial charge in [-0.3, -0.25) is 0 Å². The first kappa shape index (κ1) is 14.9. The summed E-state index contributed by atoms with van der Waals surface area (Å²) in [6.45, 7) is 0. The zero-order valence-corrected chi connectivity index (χ0v) is 13.0. The maximum Gasteiger partial charge on any atom is 0.0668 e. The van der Waals surface area contributed by atoms with Crippen molar-refractivity contribution in [1.29, 1.82) is 0 Å². The molecule has 5 nitrogen and oxygen atoms in total. The first-order chi connectivity index (χ1) is 8.35. The standard InChI is InChI=1S/C12H26IN5/c13-7-3-1-4-8(14)11(7,17)12(18)9(15)5-2-6-10(12)16/h7-10H,1-6,14-18H2. The summed E-state index contributed by atoms with van der Waals surface area (Å²) in [4.78, 5) is 0. The number of rotatable bonds is 1. The second-order valence-electron chi connectivity index (χ2n) is 6.01. The second kappa shape index (κ2) is 5.14. The number of halogens is 1. The van der Waals surface area contributed by atoms with E-state index in [-0.39, 0.29) is 22.1 Å². The topological polar surface area (TPSA) is 130 Å². The third-order valence-corrected chi connectivity index (χ3v) is 6.77. The molecule has 0 radical (unpaired) electrons. The summed E-state index contributed by atoms with van der Waals surface area (Å²) in [7, 11) is 0. The molecule has 0 bridgehead atoms. The monoisotopic (exact) mass is 367 g/mol. The molecule has 5 unspecified atom stereocenters. The lowest BCUT2D eigenvalue weighted by molar-refractivity contribution is 0.0726. The van der Waals surface area contributed by atoms with Gasteiger partial charge in [0.05, 0.1) is 11.1 Å². The zero-order chi connectivity index (χ0) is 13.6. The van der Waals surface area contributed by atoms with Gasteiger partial charge in [0, 0.05) is 22.1 Å². The van der Waals surface area contributed by atoms with Crippen LogP contribution >= 0.6 is 22.6 Å². The molecule has 2 saturated carbocycles. The fraction of sp³-hybridized carbons (Fsp3) is 1.00. The summed E-state index contributed by atoms with van der Waals surface area (Å²) in [5.74, 6) is 0. The molecule has 106 valence electrons. The largest absolute Gasteiger partial charge is 0.326 e. The van der Waals surface area contributed by atoms with Crippen molar-refractivity contribution in [2.75, 3.05) is 0 Å². The summed E-state index contributed by atoms with van der Waals surface area (Å²) >= 11 is 2.39. The van der Waals surface area contributed by atoms with Gasteiger partial charge in [0.2, 0.25) is 0 Å². The Hall–Kier alpha value is 0.530. The van der Waals surface area contributed by atoms with Gasteiger partial charge < -0.3 is 28.7 Å². The molecule has 2 fully saturated rings. The molecule has 0 aromatic carbocycles. The van der Waals surface area contributed by atoms with Gasteiger partial charge in [0.15, 0.2) is 0 Å². The lowest BCUT2D eigenvalue weighted by atomic mass is 9.57. The number of hydrogen-bond donors (Lipinski definition) is 5. The summed E-state index contributed by atoms with van der Waals surface area (Å²) in [5.41, 5.74) is 30.9. The van der Waals surface area contributed by atoms with Crippen LogP contribution in [0, 0.1) is 0 Å². The second-order valence-corrected chi connectivity index (χ2v) is 7.52. The molecule has 2 rings (SSSR count). The summed E-state index contributed by atoms with van der Waals surface area (Å²) in [5, 5.41) is 0. The summed E-state index contributed by atoms with van der Waals surface area (Å²) in [6, 6.07) is -0.436. The Morgan fingerprint density at radius 2 is 1.11 bits per heavy atom. The van der Waals surface area contributed by atoms with E-state index < -0.39 is 11.1 Å². The van der Waals surface area contributed by atoms with Crippen molar-refractivity contribution in [3.63, 3.8) is 0 Å². The molecule has 10 N–H and O–H groups in total. The minimum Gasteiger partial charge on any atom is -0.326 e. The molecule has 0 heterocycles. The van der Waals surface area contributed by atoms with Crippen molar-refractivity contribution < 1.29 is 0 Å². The van der Waals surface area contributed by atoms with Gasteiger partial charge in [-0.25, -0.2) is 0 Å². The molecular weight excluding hydrogens is 341 g/mol. The van der Waals surface area contributed by atoms with Crippen LogP contribution in [0.3, 0.4) is 0 Å². The predicted octanol–water partition coefficient (Wildman–Crippen LogP) is -0.465. The van der Waals surface area contributed by atoms with E-state index in [4.69, 9.17) is 28.7 Å². The molecule has 6 heteroatoms. The SMILES string of the molecule is NC1CCCC(N)C1(N)C1(N)C(N)CCCC1I. The molecule has 0 aromatic heterocycles. The molecule has 0 aromatic rings. The highest BCUT2D eigenvalue weighted by Crippen LogP contribution is 2.43. The number of nitrogens with two attached hydrogens (primary N) is 5. The van der Waals surface area contributed by atoms with Crippen molar-refractivity contribution in [1.82, 2.24) is 0 Å². The van der Waals surface area contributed by atoms with E-state index in [9.17, 15) is 0 Å². The van der Waals surface area contributed by atoms with E-state index >= 15 is 0 Å². The van der Waals surface area contributed by atoms with Gasteiger partial charge >= 0.3 is 0 Å². The van der Waals surface area contributed by atoms with Crippen LogP contribution in [0.15, 0.2) is 0 Å². The van der Waals surface area contributed by atoms with Crippen LogP contribution in [0.25, 0.3) is 0 Å². The quantitative estimate of drug-likeness (QED) is 0.316. The molecule has 2 aliphatic rings. The lowest BCUT2D eigenvalue weighted by Gasteiger charge is -2.60. The minimum absolute atomic E-state index is 0.117. The molecule has 0 amide bonds. The predicted molar refractivity (Wildman–Crippen MR) is 83.3 cm³/mol. The molecule has 0 spiro atoms. The van der Waals surface area contributed by atoms with Crippen LogP contribution in [0.2, 0.25) is 0 Å². The van der Waals surface area contributed by atoms with E-state index in [1.165, 1.54) is 0 Å². The Labute approximate surface area is 123 Å². The maximum atomic E-state index is 6.72. The fourth-order valence-corrected chi connectivity index (χ4v) is 5.21. The van der Waals surface area contributed by atoms with E-state index in [1.54, 1.807) is 0 Å². The van der Waals surface area contributed by atoms with Gasteiger partial charge in [-0.05, 0) is 25.7 Å². The average molecular weight is 367 g/mol. The molecule has 2 aliphatic carbocycles. The molecule has 0 aliphatic heterocycles. The summed E-state index contributed by atoms with van der Waals surface area (Å²) < 4.78 is 0.235. The highest BCUT2D eigenvalue weighted by atomic mass is 127. The van der Waals surface area contributed by atoms with E-state index in [1.807, 2.05) is 0 Å². The Morgan fingerprint density at radius 1 is 0.722 bits per heavy atom. The number of hydrogen-bond acceptors (Lipinski definition) is 5. The Kier molecular flexibility index (Phi) is 4.26. The Balaban J connectivity index is 2.41. The molecule has 18 heavy (non-hydrogen) atoms. The first-order valence-corrected chi connectivity index (χ1v) is 8.08. The first-order valence-electron chi connectivity index (χ1n) is 6.83. The van der Waals surface area contributed by atoms with Gasteiger partial charge in [-0.1, -0.05) is 35.4 Å². The normalized spacial score (nSPS) is 54.3. The highest BCUT2D eigenvalue weighted by Gasteiger charge is 2.61. The highest BCUT2D eigenvalue weighted by molar-refractivity contribution is 14.1. The Morgan fingerprint density at radius 3 is 1.56 bits per heavy atom.